The van der Waals surface area contributed by atoms with Crippen LogP contribution in [0.3, 0.4) is 0 Å². The highest BCUT2D eigenvalue weighted by Gasteiger charge is 2.05. The molecular formula is C10H14ClNO. The molecule has 0 heterocycles. The van der Waals surface area contributed by atoms with E-state index in [1.54, 1.807) is 7.11 Å². The summed E-state index contributed by atoms with van der Waals surface area (Å²) in [6, 6.07) is 5.70. The fourth-order valence-electron chi connectivity index (χ4n) is 1.22. The Labute approximate surface area is 83.9 Å². The van der Waals surface area contributed by atoms with Gasteiger partial charge in [0.2, 0.25) is 0 Å². The lowest BCUT2D eigenvalue weighted by Gasteiger charge is -2.09. The van der Waals surface area contributed by atoms with Crippen LogP contribution in [0.2, 0.25) is 5.02 Å². The molecular weight excluding hydrogens is 186 g/mol. The highest BCUT2D eigenvalue weighted by atomic mass is 35.5. The van der Waals surface area contributed by atoms with Crippen molar-refractivity contribution in [2.75, 3.05) is 20.7 Å². The highest BCUT2D eigenvalue weighted by Crippen LogP contribution is 2.26. The number of hydrogen-bond acceptors (Lipinski definition) is 2. The molecule has 3 heteroatoms. The molecule has 0 aromatic heterocycles. The van der Waals surface area contributed by atoms with E-state index in [1.165, 1.54) is 0 Å². The van der Waals surface area contributed by atoms with Gasteiger partial charge in [-0.2, -0.15) is 0 Å². The number of nitrogens with one attached hydrogen (secondary N) is 1. The van der Waals surface area contributed by atoms with Gasteiger partial charge in [0.1, 0.15) is 5.75 Å². The number of rotatable bonds is 4. The molecule has 1 aromatic rings. The Morgan fingerprint density at radius 2 is 2.23 bits per heavy atom. The van der Waals surface area contributed by atoms with Crippen molar-refractivity contribution < 1.29 is 4.74 Å². The van der Waals surface area contributed by atoms with Gasteiger partial charge in [-0.15, -0.1) is 0 Å². The van der Waals surface area contributed by atoms with Crippen LogP contribution >= 0.6 is 11.6 Å². The van der Waals surface area contributed by atoms with Crippen LogP contribution in [0.4, 0.5) is 0 Å². The lowest BCUT2D eigenvalue weighted by atomic mass is 10.1. The number of halogens is 1. The molecule has 2 nitrogen and oxygen atoms in total. The Balaban J connectivity index is 2.87. The van der Waals surface area contributed by atoms with E-state index in [2.05, 4.69) is 5.32 Å². The van der Waals surface area contributed by atoms with Crippen LogP contribution in [-0.2, 0) is 6.42 Å². The first-order valence-electron chi connectivity index (χ1n) is 4.25. The normalized spacial score (nSPS) is 10.1. The van der Waals surface area contributed by atoms with Crippen molar-refractivity contribution in [3.8, 4) is 5.75 Å². The van der Waals surface area contributed by atoms with Crippen LogP contribution in [0.5, 0.6) is 5.75 Å². The van der Waals surface area contributed by atoms with Gasteiger partial charge in [0.15, 0.2) is 0 Å². The van der Waals surface area contributed by atoms with E-state index in [4.69, 9.17) is 16.3 Å². The van der Waals surface area contributed by atoms with Gasteiger partial charge in [0.05, 0.1) is 7.11 Å². The van der Waals surface area contributed by atoms with Crippen molar-refractivity contribution in [3.05, 3.63) is 28.8 Å². The van der Waals surface area contributed by atoms with Crippen LogP contribution in [-0.4, -0.2) is 20.7 Å². The first-order valence-corrected chi connectivity index (χ1v) is 4.63. The van der Waals surface area contributed by atoms with Crippen molar-refractivity contribution in [2.45, 2.75) is 6.42 Å². The predicted molar refractivity (Wildman–Crippen MR) is 55.6 cm³/mol. The standard InChI is InChI=1S/C10H14ClNO/c1-12-7-6-8-9(11)4-3-5-10(8)13-2/h3-5,12H,6-7H2,1-2H3. The Hall–Kier alpha value is -0.730. The second-order valence-corrected chi connectivity index (χ2v) is 3.18. The van der Waals surface area contributed by atoms with Gasteiger partial charge in [0, 0.05) is 10.6 Å². The van der Waals surface area contributed by atoms with E-state index >= 15 is 0 Å². The molecule has 72 valence electrons. The third-order valence-electron chi connectivity index (χ3n) is 1.92. The second-order valence-electron chi connectivity index (χ2n) is 2.77. The molecule has 0 aliphatic heterocycles. The molecule has 13 heavy (non-hydrogen) atoms. The van der Waals surface area contributed by atoms with Gasteiger partial charge in [-0.1, -0.05) is 17.7 Å². The molecule has 0 amide bonds. The molecule has 0 saturated heterocycles. The summed E-state index contributed by atoms with van der Waals surface area (Å²) in [5.74, 6) is 0.864. The fraction of sp³-hybridized carbons (Fsp3) is 0.400. The van der Waals surface area contributed by atoms with Crippen LogP contribution < -0.4 is 10.1 Å². The Morgan fingerprint density at radius 3 is 2.85 bits per heavy atom. The Morgan fingerprint density at radius 1 is 1.46 bits per heavy atom. The summed E-state index contributed by atoms with van der Waals surface area (Å²) in [5.41, 5.74) is 1.07. The minimum Gasteiger partial charge on any atom is -0.496 e. The molecule has 1 rings (SSSR count). The van der Waals surface area contributed by atoms with Crippen LogP contribution in [0, 0.1) is 0 Å². The monoisotopic (exact) mass is 199 g/mol. The molecule has 0 aliphatic carbocycles. The zero-order valence-electron chi connectivity index (χ0n) is 7.93. The second kappa shape index (κ2) is 5.10. The lowest BCUT2D eigenvalue weighted by Crippen LogP contribution is -2.11. The number of ether oxygens (including phenoxy) is 1. The number of hydrogen-bond donors (Lipinski definition) is 1. The molecule has 0 atom stereocenters. The van der Waals surface area contributed by atoms with Gasteiger partial charge in [0.25, 0.3) is 0 Å². The zero-order chi connectivity index (χ0) is 9.68. The molecule has 0 unspecified atom stereocenters. The van der Waals surface area contributed by atoms with Crippen LogP contribution in [0.25, 0.3) is 0 Å². The molecule has 1 N–H and O–H groups in total. The number of benzene rings is 1. The summed E-state index contributed by atoms with van der Waals surface area (Å²) in [5, 5.41) is 3.85. The maximum atomic E-state index is 6.04. The van der Waals surface area contributed by atoms with Crippen molar-refractivity contribution in [1.29, 1.82) is 0 Å². The van der Waals surface area contributed by atoms with Crippen LogP contribution in [0.15, 0.2) is 18.2 Å². The molecule has 0 bridgehead atoms. The summed E-state index contributed by atoms with van der Waals surface area (Å²) in [7, 11) is 3.58. The summed E-state index contributed by atoms with van der Waals surface area (Å²) in [4.78, 5) is 0. The smallest absolute Gasteiger partial charge is 0.123 e. The van der Waals surface area contributed by atoms with Crippen molar-refractivity contribution in [1.82, 2.24) is 5.32 Å². The average molecular weight is 200 g/mol. The van der Waals surface area contributed by atoms with Crippen molar-refractivity contribution in [3.63, 3.8) is 0 Å². The third kappa shape index (κ3) is 2.61. The fourth-order valence-corrected chi connectivity index (χ4v) is 1.48. The van der Waals surface area contributed by atoms with Crippen molar-refractivity contribution in [2.24, 2.45) is 0 Å². The Kier molecular flexibility index (Phi) is 4.06. The zero-order valence-corrected chi connectivity index (χ0v) is 8.69. The van der Waals surface area contributed by atoms with Gasteiger partial charge in [-0.05, 0) is 32.1 Å². The first kappa shape index (κ1) is 10.4. The molecule has 1 aromatic carbocycles. The molecule has 0 fully saturated rings. The van der Waals surface area contributed by atoms with Gasteiger partial charge >= 0.3 is 0 Å². The van der Waals surface area contributed by atoms with E-state index in [-0.39, 0.29) is 0 Å². The third-order valence-corrected chi connectivity index (χ3v) is 2.27. The molecule has 0 spiro atoms. The summed E-state index contributed by atoms with van der Waals surface area (Å²) in [6.45, 7) is 0.903. The maximum Gasteiger partial charge on any atom is 0.123 e. The van der Waals surface area contributed by atoms with E-state index in [1.807, 2.05) is 25.2 Å². The SMILES string of the molecule is CNCCc1c(Cl)cccc1OC. The van der Waals surface area contributed by atoms with Crippen molar-refractivity contribution >= 4 is 11.6 Å². The first-order chi connectivity index (χ1) is 6.29. The van der Waals surface area contributed by atoms with Gasteiger partial charge in [-0.3, -0.25) is 0 Å². The summed E-state index contributed by atoms with van der Waals surface area (Å²) >= 11 is 6.04. The lowest BCUT2D eigenvalue weighted by molar-refractivity contribution is 0.409. The molecule has 0 radical (unpaired) electrons. The van der Waals surface area contributed by atoms with Gasteiger partial charge < -0.3 is 10.1 Å². The van der Waals surface area contributed by atoms with Gasteiger partial charge in [-0.25, -0.2) is 0 Å². The summed E-state index contributed by atoms with van der Waals surface area (Å²) in [6.07, 6.45) is 0.888. The number of likely N-dealkylation sites (N-methyl/N-ethyl adjacent to an activating group) is 1. The molecule has 0 aliphatic rings. The highest BCUT2D eigenvalue weighted by molar-refractivity contribution is 6.31. The predicted octanol–water partition coefficient (Wildman–Crippen LogP) is 2.11. The minimum atomic E-state index is 0.773. The topological polar surface area (TPSA) is 21.3 Å². The largest absolute Gasteiger partial charge is 0.496 e. The maximum absolute atomic E-state index is 6.04. The van der Waals surface area contributed by atoms with E-state index in [0.29, 0.717) is 0 Å². The quantitative estimate of drug-likeness (QED) is 0.802. The minimum absolute atomic E-state index is 0.773. The van der Waals surface area contributed by atoms with E-state index < -0.39 is 0 Å². The number of methoxy groups -OCH3 is 1. The Bertz CT molecular complexity index is 276. The van der Waals surface area contributed by atoms with E-state index in [9.17, 15) is 0 Å². The van der Waals surface area contributed by atoms with Crippen LogP contribution in [0.1, 0.15) is 5.56 Å². The molecule has 0 saturated carbocycles. The summed E-state index contributed by atoms with van der Waals surface area (Å²) < 4.78 is 5.21. The average Bonchev–Trinajstić information content (AvgIpc) is 2.15. The van der Waals surface area contributed by atoms with E-state index in [0.717, 1.165) is 29.3 Å².